The van der Waals surface area contributed by atoms with E-state index in [9.17, 15) is 18.0 Å². The van der Waals surface area contributed by atoms with Gasteiger partial charge in [-0.15, -0.1) is 0 Å². The number of nitrogens with zero attached hydrogens (tertiary/aromatic N) is 1. The second kappa shape index (κ2) is 4.84. The molecular weight excluding hydrogens is 263 g/mol. The Labute approximate surface area is 108 Å². The topological polar surface area (TPSA) is 20.3 Å². The molecule has 1 heterocycles. The van der Waals surface area contributed by atoms with E-state index in [-0.39, 0.29) is 17.7 Å². The summed E-state index contributed by atoms with van der Waals surface area (Å²) >= 11 is 4.20. The summed E-state index contributed by atoms with van der Waals surface area (Å²) in [6.45, 7) is 0.692. The molecule has 1 amide bonds. The van der Waals surface area contributed by atoms with Crippen LogP contribution >= 0.6 is 12.6 Å². The molecule has 0 aliphatic carbocycles. The van der Waals surface area contributed by atoms with Crippen molar-refractivity contribution >= 4 is 18.5 Å². The second-order valence-electron chi connectivity index (χ2n) is 4.33. The van der Waals surface area contributed by atoms with Crippen LogP contribution in [0.4, 0.5) is 13.2 Å². The summed E-state index contributed by atoms with van der Waals surface area (Å²) < 4.78 is 37.6. The van der Waals surface area contributed by atoms with E-state index in [0.717, 1.165) is 12.1 Å². The Morgan fingerprint density at radius 2 is 2.11 bits per heavy atom. The van der Waals surface area contributed by atoms with Gasteiger partial charge in [0, 0.05) is 24.8 Å². The fourth-order valence-corrected chi connectivity index (χ4v) is 2.32. The summed E-state index contributed by atoms with van der Waals surface area (Å²) in [7, 11) is 0. The molecule has 0 saturated carbocycles. The van der Waals surface area contributed by atoms with E-state index >= 15 is 0 Å². The zero-order chi connectivity index (χ0) is 13.3. The van der Waals surface area contributed by atoms with Crippen molar-refractivity contribution in [2.75, 3.05) is 6.54 Å². The zero-order valence-electron chi connectivity index (χ0n) is 9.44. The molecular formula is C12H12F3NOS. The van der Waals surface area contributed by atoms with Crippen LogP contribution in [0.1, 0.15) is 17.5 Å². The molecule has 0 N–H and O–H groups in total. The van der Waals surface area contributed by atoms with Crippen LogP contribution in [0.25, 0.3) is 0 Å². The fourth-order valence-electron chi connectivity index (χ4n) is 1.97. The summed E-state index contributed by atoms with van der Waals surface area (Å²) in [5.41, 5.74) is -0.199. The van der Waals surface area contributed by atoms with E-state index in [1.807, 2.05) is 0 Å². The summed E-state index contributed by atoms with van der Waals surface area (Å²) in [4.78, 5) is 13.1. The lowest BCUT2D eigenvalue weighted by Crippen LogP contribution is -2.24. The third kappa shape index (κ3) is 2.98. The van der Waals surface area contributed by atoms with Crippen LogP contribution in [0.15, 0.2) is 24.3 Å². The number of hydrogen-bond donors (Lipinski definition) is 1. The minimum Gasteiger partial charge on any atom is -0.337 e. The third-order valence-electron chi connectivity index (χ3n) is 2.82. The number of rotatable bonds is 2. The molecule has 0 bridgehead atoms. The Morgan fingerprint density at radius 3 is 2.67 bits per heavy atom. The third-order valence-corrected chi connectivity index (χ3v) is 3.17. The van der Waals surface area contributed by atoms with Crippen molar-refractivity contribution in [3.05, 3.63) is 35.4 Å². The highest BCUT2D eigenvalue weighted by Gasteiger charge is 2.31. The van der Waals surface area contributed by atoms with Crippen molar-refractivity contribution in [2.45, 2.75) is 24.4 Å². The molecule has 1 fully saturated rings. The van der Waals surface area contributed by atoms with Gasteiger partial charge in [-0.2, -0.15) is 25.8 Å². The highest BCUT2D eigenvalue weighted by Crippen LogP contribution is 2.30. The minimum atomic E-state index is -4.35. The van der Waals surface area contributed by atoms with Crippen LogP contribution in [0.2, 0.25) is 0 Å². The largest absolute Gasteiger partial charge is 0.416 e. The Balaban J connectivity index is 2.13. The molecule has 18 heavy (non-hydrogen) atoms. The van der Waals surface area contributed by atoms with Crippen LogP contribution in [0, 0.1) is 0 Å². The van der Waals surface area contributed by atoms with Crippen LogP contribution in [-0.4, -0.2) is 22.6 Å². The number of alkyl halides is 3. The van der Waals surface area contributed by atoms with Gasteiger partial charge in [0.05, 0.1) is 5.56 Å². The Bertz CT molecular complexity index is 461. The van der Waals surface area contributed by atoms with Gasteiger partial charge in [-0.05, 0) is 17.7 Å². The van der Waals surface area contributed by atoms with Gasteiger partial charge < -0.3 is 4.90 Å². The first-order valence-electron chi connectivity index (χ1n) is 5.48. The van der Waals surface area contributed by atoms with Gasteiger partial charge in [-0.3, -0.25) is 4.79 Å². The molecule has 1 saturated heterocycles. The molecule has 2 nitrogen and oxygen atoms in total. The lowest BCUT2D eigenvalue weighted by Gasteiger charge is -2.17. The molecule has 0 spiro atoms. The predicted molar refractivity (Wildman–Crippen MR) is 64.3 cm³/mol. The lowest BCUT2D eigenvalue weighted by atomic mass is 10.1. The summed E-state index contributed by atoms with van der Waals surface area (Å²) in [5, 5.41) is -0.0247. The number of hydrogen-bond acceptors (Lipinski definition) is 2. The molecule has 1 atom stereocenters. The van der Waals surface area contributed by atoms with Gasteiger partial charge in [-0.1, -0.05) is 12.1 Å². The van der Waals surface area contributed by atoms with Crippen molar-refractivity contribution in [1.29, 1.82) is 0 Å². The summed E-state index contributed by atoms with van der Waals surface area (Å²) in [6.07, 6.45) is -4.00. The maximum absolute atomic E-state index is 12.5. The normalized spacial score (nSPS) is 20.6. The number of carbonyl (C=O) groups excluding carboxylic acids is 1. The molecule has 98 valence electrons. The lowest BCUT2D eigenvalue weighted by molar-refractivity contribution is -0.137. The molecule has 1 aliphatic heterocycles. The molecule has 1 aromatic rings. The first kappa shape index (κ1) is 13.3. The number of benzene rings is 1. The van der Waals surface area contributed by atoms with Crippen molar-refractivity contribution in [3.63, 3.8) is 0 Å². The zero-order valence-corrected chi connectivity index (χ0v) is 10.3. The van der Waals surface area contributed by atoms with Crippen molar-refractivity contribution in [1.82, 2.24) is 4.90 Å². The quantitative estimate of drug-likeness (QED) is 0.823. The Hall–Kier alpha value is -1.17. The number of likely N-dealkylation sites (tertiary alicyclic amines) is 1. The molecule has 6 heteroatoms. The number of amides is 1. The average molecular weight is 275 g/mol. The standard InChI is InChI=1S/C12H12F3NOS/c13-12(14,15)9-3-1-2-8(4-9)6-16-7-10(18)5-11(16)17/h1-4,10,18H,5-7H2. The van der Waals surface area contributed by atoms with Gasteiger partial charge in [0.15, 0.2) is 0 Å². The molecule has 2 rings (SSSR count). The maximum atomic E-state index is 12.5. The van der Waals surface area contributed by atoms with Gasteiger partial charge >= 0.3 is 6.18 Å². The average Bonchev–Trinajstić information content (AvgIpc) is 2.56. The Morgan fingerprint density at radius 1 is 1.39 bits per heavy atom. The van der Waals surface area contributed by atoms with E-state index in [0.29, 0.717) is 18.5 Å². The minimum absolute atomic E-state index is 0.0247. The van der Waals surface area contributed by atoms with E-state index in [1.165, 1.54) is 11.0 Å². The van der Waals surface area contributed by atoms with Gasteiger partial charge in [0.1, 0.15) is 0 Å². The summed E-state index contributed by atoms with van der Waals surface area (Å²) in [6, 6.07) is 5.06. The Kier molecular flexibility index (Phi) is 3.56. The van der Waals surface area contributed by atoms with Crippen LogP contribution in [0.3, 0.4) is 0 Å². The fraction of sp³-hybridized carbons (Fsp3) is 0.417. The van der Waals surface area contributed by atoms with Gasteiger partial charge in [0.25, 0.3) is 0 Å². The molecule has 1 aliphatic rings. The summed E-state index contributed by atoms with van der Waals surface area (Å²) in [5.74, 6) is -0.0626. The number of carbonyl (C=O) groups is 1. The highest BCUT2D eigenvalue weighted by atomic mass is 32.1. The van der Waals surface area contributed by atoms with Gasteiger partial charge in [-0.25, -0.2) is 0 Å². The van der Waals surface area contributed by atoms with Crippen LogP contribution < -0.4 is 0 Å². The van der Waals surface area contributed by atoms with E-state index in [4.69, 9.17) is 0 Å². The highest BCUT2D eigenvalue weighted by molar-refractivity contribution is 7.81. The molecule has 0 aromatic heterocycles. The van der Waals surface area contributed by atoms with E-state index in [1.54, 1.807) is 6.07 Å². The van der Waals surface area contributed by atoms with E-state index < -0.39 is 11.7 Å². The molecule has 1 unspecified atom stereocenters. The predicted octanol–water partition coefficient (Wildman–Crippen LogP) is 2.74. The smallest absolute Gasteiger partial charge is 0.337 e. The number of thiol groups is 1. The van der Waals surface area contributed by atoms with Crippen molar-refractivity contribution in [3.8, 4) is 0 Å². The first-order chi connectivity index (χ1) is 8.36. The molecule has 1 aromatic carbocycles. The van der Waals surface area contributed by atoms with Crippen LogP contribution in [-0.2, 0) is 17.5 Å². The maximum Gasteiger partial charge on any atom is 0.416 e. The SMILES string of the molecule is O=C1CC(S)CN1Cc1cccc(C(F)(F)F)c1. The van der Waals surface area contributed by atoms with Crippen molar-refractivity contribution in [2.24, 2.45) is 0 Å². The number of halogens is 3. The first-order valence-corrected chi connectivity index (χ1v) is 6.00. The second-order valence-corrected chi connectivity index (χ2v) is 5.06. The van der Waals surface area contributed by atoms with E-state index in [2.05, 4.69) is 12.6 Å². The monoisotopic (exact) mass is 275 g/mol. The molecule has 0 radical (unpaired) electrons. The van der Waals surface area contributed by atoms with Crippen LogP contribution in [0.5, 0.6) is 0 Å². The van der Waals surface area contributed by atoms with Crippen molar-refractivity contribution < 1.29 is 18.0 Å². The van der Waals surface area contributed by atoms with Gasteiger partial charge in [0.2, 0.25) is 5.91 Å².